The third kappa shape index (κ3) is 7.37. The van der Waals surface area contributed by atoms with Crippen molar-refractivity contribution in [3.8, 4) is 0 Å². The number of sulfonamides is 1. The second-order valence-electron chi connectivity index (χ2n) is 8.99. The summed E-state index contributed by atoms with van der Waals surface area (Å²) in [5.41, 5.74) is 0.162. The molecular weight excluding hydrogens is 558 g/mol. The molecule has 3 N–H and O–H groups in total. The monoisotopic (exact) mass is 588 g/mol. The number of anilines is 2. The van der Waals surface area contributed by atoms with Crippen LogP contribution < -0.4 is 14.7 Å². The van der Waals surface area contributed by atoms with E-state index >= 15 is 0 Å². The molecule has 1 aliphatic rings. The maximum absolute atomic E-state index is 14.9. The first-order valence-corrected chi connectivity index (χ1v) is 15.2. The first-order chi connectivity index (χ1) is 17.8. The zero-order valence-electron chi connectivity index (χ0n) is 21.3. The highest BCUT2D eigenvalue weighted by atomic mass is 32.2. The van der Waals surface area contributed by atoms with Gasteiger partial charge < -0.3 is 25.0 Å². The number of carbonyl (C=O) groups excluding carboxylic acids is 2. The average molecular weight is 589 g/mol. The van der Waals surface area contributed by atoms with E-state index in [2.05, 4.69) is 15.6 Å². The number of thiazole rings is 1. The molecule has 3 rings (SSSR count). The standard InChI is InChI=1S/C22H30FN6O6PS2/c1-22(2,3)35-20(31)18-19(37-13-26-18)29(36-4)38(32,33)14-5-6-16(15(23)11-14)27-17(30)12-25-21(24)28-7-9-34-10-8-28/h5-6,11,13,36H,7-10,12H2,1-4H3,(H2,24,25)(H,27,30). The Labute approximate surface area is 226 Å². The fourth-order valence-corrected chi connectivity index (χ4v) is 7.35. The molecule has 1 aromatic heterocycles. The number of nitrogens with one attached hydrogen (secondary N) is 3. The Morgan fingerprint density at radius 1 is 1.32 bits per heavy atom. The van der Waals surface area contributed by atoms with Gasteiger partial charge in [-0.05, 0) is 54.4 Å². The minimum atomic E-state index is -4.28. The number of halogens is 1. The molecule has 0 saturated carbocycles. The minimum absolute atomic E-state index is 0.0553. The lowest BCUT2D eigenvalue weighted by Gasteiger charge is -2.29. The number of morpholine rings is 1. The van der Waals surface area contributed by atoms with Crippen molar-refractivity contribution in [2.24, 2.45) is 0 Å². The molecule has 12 nitrogen and oxygen atoms in total. The van der Waals surface area contributed by atoms with Gasteiger partial charge in [0.15, 0.2) is 11.7 Å². The van der Waals surface area contributed by atoms with E-state index in [9.17, 15) is 22.4 Å². The summed E-state index contributed by atoms with van der Waals surface area (Å²) in [6.45, 7) is 8.38. The number of esters is 1. The number of aromatic nitrogens is 1. The number of hydrogen-bond acceptors (Lipinski definition) is 9. The predicted molar refractivity (Wildman–Crippen MR) is 144 cm³/mol. The number of benzene rings is 1. The van der Waals surface area contributed by atoms with Crippen LogP contribution in [0.2, 0.25) is 0 Å². The summed E-state index contributed by atoms with van der Waals surface area (Å²) < 4.78 is 53.2. The van der Waals surface area contributed by atoms with Crippen molar-refractivity contribution in [3.05, 3.63) is 35.2 Å². The predicted octanol–water partition coefficient (Wildman–Crippen LogP) is 2.45. The van der Waals surface area contributed by atoms with Crippen LogP contribution in [0, 0.1) is 11.2 Å². The van der Waals surface area contributed by atoms with Crippen LogP contribution in [-0.4, -0.2) is 81.3 Å². The van der Waals surface area contributed by atoms with Crippen LogP contribution in [0.4, 0.5) is 15.1 Å². The fraction of sp³-hybridized carbons (Fsp3) is 0.455. The number of hydrogen-bond donors (Lipinski definition) is 3. The van der Waals surface area contributed by atoms with Gasteiger partial charge in [0.05, 0.1) is 35.9 Å². The summed E-state index contributed by atoms with van der Waals surface area (Å²) in [4.78, 5) is 30.2. The smallest absolute Gasteiger partial charge is 0.360 e. The third-order valence-corrected chi connectivity index (χ3v) is 9.52. The van der Waals surface area contributed by atoms with Crippen LogP contribution in [0.3, 0.4) is 0 Å². The Bertz CT molecular complexity index is 1290. The largest absolute Gasteiger partial charge is 0.455 e. The van der Waals surface area contributed by atoms with E-state index in [-0.39, 0.29) is 42.5 Å². The van der Waals surface area contributed by atoms with E-state index in [1.807, 2.05) is 0 Å². The van der Waals surface area contributed by atoms with Crippen LogP contribution in [0.15, 0.2) is 28.6 Å². The normalized spacial score (nSPS) is 14.4. The number of carbonyl (C=O) groups is 2. The van der Waals surface area contributed by atoms with Gasteiger partial charge in [-0.3, -0.25) is 10.2 Å². The molecule has 0 aliphatic carbocycles. The minimum Gasteiger partial charge on any atom is -0.455 e. The fourth-order valence-electron chi connectivity index (χ4n) is 3.30. The summed E-state index contributed by atoms with van der Waals surface area (Å²) in [7, 11) is -4.61. The van der Waals surface area contributed by atoms with Gasteiger partial charge in [-0.2, -0.15) is 0 Å². The van der Waals surface area contributed by atoms with E-state index in [0.717, 1.165) is 27.5 Å². The van der Waals surface area contributed by atoms with Crippen molar-refractivity contribution in [1.82, 2.24) is 15.2 Å². The Balaban J connectivity index is 1.72. The van der Waals surface area contributed by atoms with Gasteiger partial charge in [0.25, 0.3) is 10.0 Å². The highest BCUT2D eigenvalue weighted by molar-refractivity contribution is 7.98. The number of ether oxygens (including phenoxy) is 2. The third-order valence-electron chi connectivity index (χ3n) is 5.03. The molecule has 1 atom stereocenters. The Kier molecular flexibility index (Phi) is 9.63. The second-order valence-corrected chi connectivity index (χ2v) is 12.8. The zero-order valence-corrected chi connectivity index (χ0v) is 24.0. The molecular formula is C22H30FN6O6PS2. The quantitative estimate of drug-likeness (QED) is 0.183. The van der Waals surface area contributed by atoms with Gasteiger partial charge in [-0.25, -0.2) is 26.7 Å². The molecule has 1 saturated heterocycles. The molecule has 0 radical (unpaired) electrons. The van der Waals surface area contributed by atoms with Gasteiger partial charge in [-0.1, -0.05) is 0 Å². The molecule has 1 amide bonds. The van der Waals surface area contributed by atoms with Crippen LogP contribution in [-0.2, 0) is 24.3 Å². The molecule has 1 fully saturated rings. The van der Waals surface area contributed by atoms with Crippen molar-refractivity contribution in [2.75, 3.05) is 48.9 Å². The Morgan fingerprint density at radius 3 is 2.61 bits per heavy atom. The lowest BCUT2D eigenvalue weighted by molar-refractivity contribution is -0.115. The van der Waals surface area contributed by atoms with Crippen LogP contribution in [0.1, 0.15) is 31.3 Å². The van der Waals surface area contributed by atoms with Gasteiger partial charge in [0, 0.05) is 13.1 Å². The molecule has 1 aromatic carbocycles. The maximum atomic E-state index is 14.9. The van der Waals surface area contributed by atoms with Crippen molar-refractivity contribution in [1.29, 1.82) is 5.41 Å². The summed E-state index contributed by atoms with van der Waals surface area (Å²) in [6.07, 6.45) is 0. The number of rotatable bonds is 8. The maximum Gasteiger partial charge on any atom is 0.360 e. The van der Waals surface area contributed by atoms with E-state index in [1.54, 1.807) is 32.3 Å². The summed E-state index contributed by atoms with van der Waals surface area (Å²) in [5.74, 6) is -2.29. The topological polar surface area (TPSA) is 154 Å². The highest BCUT2D eigenvalue weighted by Gasteiger charge is 2.32. The lowest BCUT2D eigenvalue weighted by atomic mass is 10.2. The van der Waals surface area contributed by atoms with E-state index < -0.39 is 33.3 Å². The Hall–Kier alpha value is -2.87. The van der Waals surface area contributed by atoms with Crippen LogP contribution in [0.25, 0.3) is 0 Å². The highest BCUT2D eigenvalue weighted by Crippen LogP contribution is 2.38. The van der Waals surface area contributed by atoms with Crippen molar-refractivity contribution in [2.45, 2.75) is 31.3 Å². The van der Waals surface area contributed by atoms with Crippen molar-refractivity contribution < 1.29 is 31.9 Å². The second kappa shape index (κ2) is 12.3. The molecule has 1 aliphatic heterocycles. The lowest BCUT2D eigenvalue weighted by Crippen LogP contribution is -2.48. The number of nitrogens with zero attached hydrogens (tertiary/aromatic N) is 3. The van der Waals surface area contributed by atoms with Gasteiger partial charge >= 0.3 is 5.97 Å². The first-order valence-electron chi connectivity index (χ1n) is 11.5. The van der Waals surface area contributed by atoms with Crippen LogP contribution in [0.5, 0.6) is 0 Å². The average Bonchev–Trinajstić information content (AvgIpc) is 3.33. The van der Waals surface area contributed by atoms with E-state index in [0.29, 0.717) is 26.3 Å². The zero-order chi connectivity index (χ0) is 28.1. The van der Waals surface area contributed by atoms with E-state index in [4.69, 9.17) is 14.9 Å². The van der Waals surface area contributed by atoms with Gasteiger partial charge in [-0.15, -0.1) is 11.3 Å². The molecule has 208 valence electrons. The SMILES string of the molecule is CPN(c1scnc1C(=O)OC(C)(C)C)S(=O)(=O)c1ccc(NC(=O)CNC(=N)N2CCOCC2)c(F)c1. The van der Waals surface area contributed by atoms with Gasteiger partial charge in [0.2, 0.25) is 5.91 Å². The molecule has 2 heterocycles. The summed E-state index contributed by atoms with van der Waals surface area (Å²) in [6, 6.07) is 3.11. The molecule has 0 bridgehead atoms. The molecule has 1 unspecified atom stereocenters. The first kappa shape index (κ1) is 29.7. The molecule has 16 heteroatoms. The number of guanidine groups is 1. The van der Waals surface area contributed by atoms with Crippen molar-refractivity contribution in [3.63, 3.8) is 0 Å². The van der Waals surface area contributed by atoms with Crippen LogP contribution >= 0.6 is 20.1 Å². The molecule has 0 spiro atoms. The molecule has 38 heavy (non-hydrogen) atoms. The Morgan fingerprint density at radius 2 is 2.00 bits per heavy atom. The van der Waals surface area contributed by atoms with Gasteiger partial charge in [0.1, 0.15) is 16.4 Å². The number of amides is 1. The summed E-state index contributed by atoms with van der Waals surface area (Å²) in [5, 5.41) is 13.1. The van der Waals surface area contributed by atoms with Crippen molar-refractivity contribution >= 4 is 58.6 Å². The summed E-state index contributed by atoms with van der Waals surface area (Å²) >= 11 is 0.948. The van der Waals surface area contributed by atoms with E-state index in [1.165, 1.54) is 11.6 Å². The molecule has 2 aromatic rings.